The number of aliphatic carboxylic acids is 1. The Kier molecular flexibility index (Phi) is 2.44. The molecule has 0 aliphatic heterocycles. The second-order valence-corrected chi connectivity index (χ2v) is 5.10. The van der Waals surface area contributed by atoms with Gasteiger partial charge in [-0.1, -0.05) is 0 Å². The van der Waals surface area contributed by atoms with Crippen molar-refractivity contribution in [2.45, 2.75) is 44.6 Å². The topological polar surface area (TPSA) is 66.4 Å². The van der Waals surface area contributed by atoms with Gasteiger partial charge in [0.1, 0.15) is 0 Å². The first-order valence-corrected chi connectivity index (χ1v) is 5.55. The molecule has 0 bridgehead atoms. The van der Waals surface area contributed by atoms with Crippen molar-refractivity contribution in [1.29, 1.82) is 0 Å². The lowest BCUT2D eigenvalue weighted by Gasteiger charge is -2.15. The van der Waals surface area contributed by atoms with Gasteiger partial charge in [0.15, 0.2) is 0 Å². The molecule has 0 spiro atoms. The minimum absolute atomic E-state index is 0.0123. The molecule has 15 heavy (non-hydrogen) atoms. The standard InChI is InChI=1S/C11H17NO3/c1-11(4-5-11)12-9(13)7-2-3-8(6-7)10(14)15/h7-8H,2-6H2,1H3,(H,12,13)(H,14,15). The monoisotopic (exact) mass is 211 g/mol. The van der Waals surface area contributed by atoms with Crippen LogP contribution in [-0.4, -0.2) is 22.5 Å². The van der Waals surface area contributed by atoms with Crippen molar-refractivity contribution in [3.8, 4) is 0 Å². The van der Waals surface area contributed by atoms with E-state index in [1.165, 1.54) is 0 Å². The SMILES string of the molecule is CC1(NC(=O)C2CCC(C(=O)O)C2)CC1. The third-order valence-electron chi connectivity index (χ3n) is 3.58. The number of carboxylic acids is 1. The molecular weight excluding hydrogens is 194 g/mol. The van der Waals surface area contributed by atoms with Gasteiger partial charge in [-0.2, -0.15) is 0 Å². The molecule has 2 N–H and O–H groups in total. The Morgan fingerprint density at radius 1 is 1.27 bits per heavy atom. The van der Waals surface area contributed by atoms with E-state index in [4.69, 9.17) is 5.11 Å². The van der Waals surface area contributed by atoms with Gasteiger partial charge in [-0.15, -0.1) is 0 Å². The highest BCUT2D eigenvalue weighted by Gasteiger charge is 2.42. The van der Waals surface area contributed by atoms with Crippen LogP contribution in [0.2, 0.25) is 0 Å². The first kappa shape index (κ1) is 10.5. The number of nitrogens with one attached hydrogen (secondary N) is 1. The van der Waals surface area contributed by atoms with Crippen molar-refractivity contribution in [2.24, 2.45) is 11.8 Å². The first-order valence-electron chi connectivity index (χ1n) is 5.55. The summed E-state index contributed by atoms with van der Waals surface area (Å²) in [4.78, 5) is 22.5. The molecule has 2 rings (SSSR count). The largest absolute Gasteiger partial charge is 0.481 e. The summed E-state index contributed by atoms with van der Waals surface area (Å²) in [6, 6.07) is 0. The molecule has 1 amide bonds. The molecule has 2 saturated carbocycles. The van der Waals surface area contributed by atoms with Crippen LogP contribution in [0.15, 0.2) is 0 Å². The maximum atomic E-state index is 11.8. The van der Waals surface area contributed by atoms with E-state index in [1.54, 1.807) is 0 Å². The zero-order chi connectivity index (χ0) is 11.1. The molecule has 2 unspecified atom stereocenters. The average Bonchev–Trinajstić information content (AvgIpc) is 2.70. The van der Waals surface area contributed by atoms with Gasteiger partial charge >= 0.3 is 5.97 Å². The fourth-order valence-electron chi connectivity index (χ4n) is 2.16. The lowest BCUT2D eigenvalue weighted by molar-refractivity contribution is -0.141. The number of carbonyl (C=O) groups is 2. The third-order valence-corrected chi connectivity index (χ3v) is 3.58. The molecule has 0 radical (unpaired) electrons. The summed E-state index contributed by atoms with van der Waals surface area (Å²) in [7, 11) is 0. The lowest BCUT2D eigenvalue weighted by atomic mass is 10.0. The van der Waals surface area contributed by atoms with E-state index in [0.29, 0.717) is 12.8 Å². The average molecular weight is 211 g/mol. The molecular formula is C11H17NO3. The number of carbonyl (C=O) groups excluding carboxylic acids is 1. The van der Waals surface area contributed by atoms with Crippen molar-refractivity contribution < 1.29 is 14.7 Å². The van der Waals surface area contributed by atoms with Gasteiger partial charge in [0.05, 0.1) is 5.92 Å². The molecule has 2 atom stereocenters. The second kappa shape index (κ2) is 3.51. The van der Waals surface area contributed by atoms with E-state index >= 15 is 0 Å². The van der Waals surface area contributed by atoms with Crippen LogP contribution in [-0.2, 0) is 9.59 Å². The van der Waals surface area contributed by atoms with Crippen LogP contribution in [0.1, 0.15) is 39.0 Å². The van der Waals surface area contributed by atoms with Gasteiger partial charge in [0.25, 0.3) is 0 Å². The van der Waals surface area contributed by atoms with E-state index in [2.05, 4.69) is 5.32 Å². The molecule has 0 saturated heterocycles. The minimum atomic E-state index is -0.761. The summed E-state index contributed by atoms with van der Waals surface area (Å²) in [5, 5.41) is 11.8. The Morgan fingerprint density at radius 2 is 1.87 bits per heavy atom. The predicted octanol–water partition coefficient (Wildman–Crippen LogP) is 1.16. The molecule has 0 aromatic heterocycles. The normalized spacial score (nSPS) is 32.3. The summed E-state index contributed by atoms with van der Waals surface area (Å²) in [6.45, 7) is 2.04. The number of hydrogen-bond acceptors (Lipinski definition) is 2. The van der Waals surface area contributed by atoms with Gasteiger partial charge in [-0.3, -0.25) is 9.59 Å². The summed E-state index contributed by atoms with van der Waals surface area (Å²) in [5.41, 5.74) is 0.0123. The van der Waals surface area contributed by atoms with E-state index in [1.807, 2.05) is 6.92 Å². The van der Waals surface area contributed by atoms with Crippen molar-refractivity contribution >= 4 is 11.9 Å². The third kappa shape index (κ3) is 2.30. The summed E-state index contributed by atoms with van der Waals surface area (Å²) >= 11 is 0. The Labute approximate surface area is 89.0 Å². The predicted molar refractivity (Wildman–Crippen MR) is 54.2 cm³/mol. The molecule has 0 aromatic carbocycles. The number of carboxylic acid groups (broad SMARTS) is 1. The molecule has 0 aromatic rings. The Hall–Kier alpha value is -1.06. The minimum Gasteiger partial charge on any atom is -0.481 e. The molecule has 4 nitrogen and oxygen atoms in total. The lowest BCUT2D eigenvalue weighted by Crippen LogP contribution is -2.38. The zero-order valence-corrected chi connectivity index (χ0v) is 8.95. The van der Waals surface area contributed by atoms with Gasteiger partial charge in [-0.25, -0.2) is 0 Å². The van der Waals surface area contributed by atoms with E-state index in [-0.39, 0.29) is 23.3 Å². The van der Waals surface area contributed by atoms with Crippen LogP contribution < -0.4 is 5.32 Å². The maximum Gasteiger partial charge on any atom is 0.306 e. The fraction of sp³-hybridized carbons (Fsp3) is 0.818. The maximum absolute atomic E-state index is 11.8. The van der Waals surface area contributed by atoms with Crippen LogP contribution >= 0.6 is 0 Å². The van der Waals surface area contributed by atoms with E-state index < -0.39 is 5.97 Å². The number of amides is 1. The highest BCUT2D eigenvalue weighted by Crippen LogP contribution is 2.37. The highest BCUT2D eigenvalue weighted by atomic mass is 16.4. The summed E-state index contributed by atoms with van der Waals surface area (Å²) < 4.78 is 0. The van der Waals surface area contributed by atoms with E-state index in [0.717, 1.165) is 19.3 Å². The molecule has 4 heteroatoms. The van der Waals surface area contributed by atoms with Gasteiger partial charge in [-0.05, 0) is 39.0 Å². The Balaban J connectivity index is 1.85. The quantitative estimate of drug-likeness (QED) is 0.736. The van der Waals surface area contributed by atoms with Crippen LogP contribution in [0.25, 0.3) is 0 Å². The summed E-state index contributed by atoms with van der Waals surface area (Å²) in [5.74, 6) is -1.10. The van der Waals surface area contributed by atoms with E-state index in [9.17, 15) is 9.59 Å². The van der Waals surface area contributed by atoms with Crippen molar-refractivity contribution in [2.75, 3.05) is 0 Å². The molecule has 2 fully saturated rings. The van der Waals surface area contributed by atoms with Crippen LogP contribution in [0, 0.1) is 11.8 Å². The Bertz CT molecular complexity index is 296. The van der Waals surface area contributed by atoms with Crippen LogP contribution in [0.3, 0.4) is 0 Å². The fourth-order valence-corrected chi connectivity index (χ4v) is 2.16. The number of hydrogen-bond donors (Lipinski definition) is 2. The molecule has 2 aliphatic carbocycles. The van der Waals surface area contributed by atoms with Gasteiger partial charge in [0, 0.05) is 11.5 Å². The summed E-state index contributed by atoms with van der Waals surface area (Å²) in [6.07, 6.45) is 3.97. The van der Waals surface area contributed by atoms with Gasteiger partial charge in [0.2, 0.25) is 5.91 Å². The first-order chi connectivity index (χ1) is 7.00. The van der Waals surface area contributed by atoms with Gasteiger partial charge < -0.3 is 10.4 Å². The van der Waals surface area contributed by atoms with Crippen LogP contribution in [0.5, 0.6) is 0 Å². The van der Waals surface area contributed by atoms with Crippen LogP contribution in [0.4, 0.5) is 0 Å². The molecule has 84 valence electrons. The second-order valence-electron chi connectivity index (χ2n) is 5.10. The highest BCUT2D eigenvalue weighted by molar-refractivity contribution is 5.81. The van der Waals surface area contributed by atoms with Crippen molar-refractivity contribution in [3.63, 3.8) is 0 Å². The number of rotatable bonds is 3. The molecule has 0 heterocycles. The zero-order valence-electron chi connectivity index (χ0n) is 8.95. The smallest absolute Gasteiger partial charge is 0.306 e. The Morgan fingerprint density at radius 3 is 2.33 bits per heavy atom. The van der Waals surface area contributed by atoms with Crippen molar-refractivity contribution in [1.82, 2.24) is 5.32 Å². The van der Waals surface area contributed by atoms with Crippen molar-refractivity contribution in [3.05, 3.63) is 0 Å². The molecule has 2 aliphatic rings.